The molecule has 0 fully saturated rings. The minimum absolute atomic E-state index is 1.05. The van der Waals surface area contributed by atoms with Gasteiger partial charge in [0.1, 0.15) is 5.52 Å². The topological polar surface area (TPSA) is 30.7 Å². The summed E-state index contributed by atoms with van der Waals surface area (Å²) in [6.45, 7) is 2.23. The van der Waals surface area contributed by atoms with Crippen molar-refractivity contribution in [3.63, 3.8) is 0 Å². The van der Waals surface area contributed by atoms with E-state index in [4.69, 9.17) is 0 Å². The van der Waals surface area contributed by atoms with Gasteiger partial charge in [0, 0.05) is 6.20 Å². The molecular weight excluding hydrogens is 313 g/mol. The second-order valence-corrected chi connectivity index (χ2v) is 4.90. The van der Waals surface area contributed by atoms with Crippen LogP contribution < -0.4 is 0 Å². The molecule has 2 heterocycles. The van der Waals surface area contributed by atoms with Crippen molar-refractivity contribution in [2.45, 2.75) is 39.0 Å². The van der Waals surface area contributed by atoms with Crippen molar-refractivity contribution >= 4 is 33.9 Å². The number of aromatic nitrogens is 3. The second kappa shape index (κ2) is 5.61. The third-order valence-electron chi connectivity index (χ3n) is 2.73. The Balaban J connectivity index is 2.12. The summed E-state index contributed by atoms with van der Waals surface area (Å²) in [4.78, 5) is 4.41. The van der Waals surface area contributed by atoms with Gasteiger partial charge in [0.15, 0.2) is 0 Å². The SMILES string of the molecule is CCCCCCc1nn(I)c2cccnc12. The van der Waals surface area contributed by atoms with E-state index in [0.29, 0.717) is 0 Å². The molecule has 0 atom stereocenters. The minimum Gasteiger partial charge on any atom is -0.253 e. The summed E-state index contributed by atoms with van der Waals surface area (Å²) in [5.41, 5.74) is 3.32. The first-order valence-electron chi connectivity index (χ1n) is 5.81. The van der Waals surface area contributed by atoms with Gasteiger partial charge in [0.2, 0.25) is 0 Å². The van der Waals surface area contributed by atoms with Gasteiger partial charge < -0.3 is 0 Å². The van der Waals surface area contributed by atoms with Gasteiger partial charge in [-0.15, -0.1) is 0 Å². The predicted octanol–water partition coefficient (Wildman–Crippen LogP) is 3.75. The third-order valence-corrected chi connectivity index (χ3v) is 3.47. The summed E-state index contributed by atoms with van der Waals surface area (Å²) < 4.78 is 1.90. The maximum absolute atomic E-state index is 4.53. The molecule has 0 bridgehead atoms. The number of fused-ring (bicyclic) bond motifs is 1. The van der Waals surface area contributed by atoms with E-state index in [9.17, 15) is 0 Å². The maximum atomic E-state index is 4.53. The number of pyridine rings is 1. The average Bonchev–Trinajstić information content (AvgIpc) is 2.63. The highest BCUT2D eigenvalue weighted by atomic mass is 127. The largest absolute Gasteiger partial charge is 0.253 e. The number of aryl methyl sites for hydroxylation is 1. The average molecular weight is 329 g/mol. The monoisotopic (exact) mass is 329 g/mol. The van der Waals surface area contributed by atoms with Crippen LogP contribution in [0.2, 0.25) is 0 Å². The Morgan fingerprint density at radius 1 is 1.31 bits per heavy atom. The van der Waals surface area contributed by atoms with Crippen LogP contribution >= 0.6 is 22.9 Å². The zero-order valence-electron chi connectivity index (χ0n) is 9.49. The summed E-state index contributed by atoms with van der Waals surface area (Å²) in [5, 5.41) is 4.53. The molecule has 0 spiro atoms. The van der Waals surface area contributed by atoms with Gasteiger partial charge in [-0.1, -0.05) is 26.2 Å². The molecule has 0 unspecified atom stereocenters. The lowest BCUT2D eigenvalue weighted by Crippen LogP contribution is -1.89. The van der Waals surface area contributed by atoms with Crippen molar-refractivity contribution in [3.8, 4) is 0 Å². The van der Waals surface area contributed by atoms with Gasteiger partial charge in [-0.05, 0) is 25.0 Å². The molecule has 86 valence electrons. The first-order valence-corrected chi connectivity index (χ1v) is 6.78. The molecule has 0 aromatic carbocycles. The Hall–Kier alpha value is -0.650. The fraction of sp³-hybridized carbons (Fsp3) is 0.500. The number of rotatable bonds is 5. The molecule has 16 heavy (non-hydrogen) atoms. The number of halogens is 1. The number of hydrogen-bond donors (Lipinski definition) is 0. The van der Waals surface area contributed by atoms with Crippen molar-refractivity contribution in [2.75, 3.05) is 0 Å². The fourth-order valence-corrected chi connectivity index (χ4v) is 2.51. The summed E-state index contributed by atoms with van der Waals surface area (Å²) >= 11 is 2.21. The van der Waals surface area contributed by atoms with Crippen LogP contribution in [0.4, 0.5) is 0 Å². The standard InChI is InChI=1S/C12H16IN3/c1-2-3-4-5-7-10-12-11(16(13)15-10)8-6-9-14-12/h6,8-9H,2-5,7H2,1H3. The second-order valence-electron chi connectivity index (χ2n) is 3.99. The van der Waals surface area contributed by atoms with E-state index in [-0.39, 0.29) is 0 Å². The maximum Gasteiger partial charge on any atom is 0.112 e. The summed E-state index contributed by atoms with van der Waals surface area (Å²) in [6.07, 6.45) is 7.99. The van der Waals surface area contributed by atoms with Crippen LogP contribution in [0.3, 0.4) is 0 Å². The van der Waals surface area contributed by atoms with E-state index in [1.807, 2.05) is 15.2 Å². The van der Waals surface area contributed by atoms with Crippen molar-refractivity contribution in [2.24, 2.45) is 0 Å². The number of hydrogen-bond acceptors (Lipinski definition) is 2. The molecule has 4 heteroatoms. The van der Waals surface area contributed by atoms with E-state index >= 15 is 0 Å². The fourth-order valence-electron chi connectivity index (χ4n) is 1.86. The molecule has 0 amide bonds. The van der Waals surface area contributed by atoms with Crippen LogP contribution in [0, 0.1) is 0 Å². The highest BCUT2D eigenvalue weighted by Gasteiger charge is 2.09. The van der Waals surface area contributed by atoms with E-state index in [0.717, 1.165) is 23.1 Å². The highest BCUT2D eigenvalue weighted by molar-refractivity contribution is 14.1. The van der Waals surface area contributed by atoms with Gasteiger partial charge in [-0.3, -0.25) is 4.98 Å². The third kappa shape index (κ3) is 2.53. The van der Waals surface area contributed by atoms with Crippen molar-refractivity contribution in [1.29, 1.82) is 0 Å². The lowest BCUT2D eigenvalue weighted by atomic mass is 10.1. The van der Waals surface area contributed by atoms with Crippen LogP contribution in [-0.2, 0) is 6.42 Å². The molecule has 0 aliphatic rings. The normalized spacial score (nSPS) is 11.1. The molecule has 2 aromatic rings. The van der Waals surface area contributed by atoms with E-state index in [1.54, 1.807) is 0 Å². The van der Waals surface area contributed by atoms with Crippen LogP contribution in [0.15, 0.2) is 18.3 Å². The summed E-state index contributed by atoms with van der Waals surface area (Å²) in [7, 11) is 0. The number of unbranched alkanes of at least 4 members (excludes halogenated alkanes) is 3. The summed E-state index contributed by atoms with van der Waals surface area (Å²) in [5.74, 6) is 0. The van der Waals surface area contributed by atoms with Crippen molar-refractivity contribution in [3.05, 3.63) is 24.0 Å². The van der Waals surface area contributed by atoms with Gasteiger partial charge >= 0.3 is 0 Å². The minimum atomic E-state index is 1.05. The smallest absolute Gasteiger partial charge is 0.112 e. The van der Waals surface area contributed by atoms with Crippen LogP contribution in [0.1, 0.15) is 38.3 Å². The van der Waals surface area contributed by atoms with Gasteiger partial charge in [0.25, 0.3) is 0 Å². The summed E-state index contributed by atoms with van der Waals surface area (Å²) in [6, 6.07) is 4.03. The molecular formula is C12H16IN3. The Morgan fingerprint density at radius 2 is 2.19 bits per heavy atom. The van der Waals surface area contributed by atoms with E-state index < -0.39 is 0 Å². The van der Waals surface area contributed by atoms with Crippen LogP contribution in [0.5, 0.6) is 0 Å². The van der Waals surface area contributed by atoms with E-state index in [2.05, 4.69) is 45.9 Å². The highest BCUT2D eigenvalue weighted by Crippen LogP contribution is 2.19. The Labute approximate surface area is 110 Å². The van der Waals surface area contributed by atoms with E-state index in [1.165, 1.54) is 25.7 Å². The molecule has 0 saturated heterocycles. The molecule has 2 aromatic heterocycles. The van der Waals surface area contributed by atoms with Crippen LogP contribution in [-0.4, -0.2) is 13.0 Å². The lowest BCUT2D eigenvalue weighted by molar-refractivity contribution is 0.660. The first-order chi connectivity index (χ1) is 7.83. The zero-order valence-corrected chi connectivity index (χ0v) is 11.6. The van der Waals surface area contributed by atoms with Gasteiger partial charge in [-0.25, -0.2) is 2.90 Å². The molecule has 0 radical (unpaired) electrons. The first kappa shape index (κ1) is 11.8. The Kier molecular flexibility index (Phi) is 4.15. The van der Waals surface area contributed by atoms with Crippen molar-refractivity contribution in [1.82, 2.24) is 13.0 Å². The van der Waals surface area contributed by atoms with Crippen LogP contribution in [0.25, 0.3) is 11.0 Å². The lowest BCUT2D eigenvalue weighted by Gasteiger charge is -1.96. The molecule has 0 aliphatic carbocycles. The van der Waals surface area contributed by atoms with Crippen molar-refractivity contribution < 1.29 is 0 Å². The molecule has 0 aliphatic heterocycles. The Morgan fingerprint density at radius 3 is 3.00 bits per heavy atom. The quantitative estimate of drug-likeness (QED) is 0.618. The van der Waals surface area contributed by atoms with Gasteiger partial charge in [-0.2, -0.15) is 5.10 Å². The molecule has 2 rings (SSSR count). The van der Waals surface area contributed by atoms with Gasteiger partial charge in [0.05, 0.1) is 34.1 Å². The zero-order chi connectivity index (χ0) is 11.4. The number of nitrogens with zero attached hydrogens (tertiary/aromatic N) is 3. The molecule has 0 saturated carbocycles. The molecule has 3 nitrogen and oxygen atoms in total. The predicted molar refractivity (Wildman–Crippen MR) is 74.8 cm³/mol. The molecule has 0 N–H and O–H groups in total. The Bertz CT molecular complexity index is 464.